The fourth-order valence-electron chi connectivity index (χ4n) is 3.59. The van der Waals surface area contributed by atoms with Crippen LogP contribution in [0, 0.1) is 17.8 Å². The Morgan fingerprint density at radius 1 is 1.28 bits per heavy atom. The maximum Gasteiger partial charge on any atom is 0.306 e. The molecule has 0 aromatic heterocycles. The minimum atomic E-state index is -2.95. The maximum atomic E-state index is 13.0. The number of amides is 1. The van der Waals surface area contributed by atoms with Crippen LogP contribution in [0.5, 0.6) is 0 Å². The van der Waals surface area contributed by atoms with Crippen molar-refractivity contribution in [3.63, 3.8) is 0 Å². The molecule has 0 aromatic rings. The highest BCUT2D eigenvalue weighted by Crippen LogP contribution is 2.47. The Morgan fingerprint density at radius 3 is 2.72 bits per heavy atom. The van der Waals surface area contributed by atoms with Crippen LogP contribution in [0.4, 0.5) is 0 Å². The Balaban J connectivity index is 1.95. The summed E-state index contributed by atoms with van der Waals surface area (Å²) in [7, 11) is -2.95. The first-order valence-electron chi connectivity index (χ1n) is 9.24. The van der Waals surface area contributed by atoms with Crippen molar-refractivity contribution in [1.82, 2.24) is 4.90 Å². The minimum Gasteiger partial charge on any atom is -0.466 e. The Labute approximate surface area is 150 Å². The van der Waals surface area contributed by atoms with Crippen LogP contribution < -0.4 is 0 Å². The minimum absolute atomic E-state index is 0.0408. The summed E-state index contributed by atoms with van der Waals surface area (Å²) >= 11 is 0. The van der Waals surface area contributed by atoms with E-state index in [1.807, 2.05) is 11.0 Å². The molecule has 0 radical (unpaired) electrons. The fourth-order valence-corrected chi connectivity index (χ4v) is 5.61. The van der Waals surface area contributed by atoms with E-state index in [0.29, 0.717) is 44.3 Å². The van der Waals surface area contributed by atoms with E-state index in [1.54, 1.807) is 13.8 Å². The maximum absolute atomic E-state index is 13.0. The predicted octanol–water partition coefficient (Wildman–Crippen LogP) is 2.92. The largest absolute Gasteiger partial charge is 0.466 e. The van der Waals surface area contributed by atoms with E-state index < -0.39 is 7.37 Å². The van der Waals surface area contributed by atoms with E-state index in [2.05, 4.69) is 13.0 Å². The van der Waals surface area contributed by atoms with Gasteiger partial charge in [-0.3, -0.25) is 14.2 Å². The number of allylic oxidation sites excluding steroid dienone is 1. The van der Waals surface area contributed by atoms with Crippen LogP contribution in [-0.4, -0.2) is 55.4 Å². The zero-order valence-electron chi connectivity index (χ0n) is 15.5. The molecule has 0 N–H and O–H groups in total. The number of fused-ring (bicyclic) bond motifs is 2. The molecule has 0 spiro atoms. The highest BCUT2D eigenvalue weighted by Gasteiger charge is 2.37. The molecule has 7 heteroatoms. The third kappa shape index (κ3) is 5.42. The number of esters is 1. The second kappa shape index (κ2) is 9.00. The van der Waals surface area contributed by atoms with Crippen LogP contribution in [-0.2, 0) is 23.4 Å². The molecule has 2 aliphatic rings. The van der Waals surface area contributed by atoms with Gasteiger partial charge in [-0.05, 0) is 32.1 Å². The van der Waals surface area contributed by atoms with Gasteiger partial charge in [0.1, 0.15) is 0 Å². The molecule has 1 saturated heterocycles. The molecule has 2 rings (SSSR count). The normalized spacial score (nSPS) is 27.9. The molecular formula is C18H30NO5P. The summed E-state index contributed by atoms with van der Waals surface area (Å²) < 4.78 is 23.4. The number of nitrogens with zero attached hydrogens (tertiary/aromatic N) is 1. The van der Waals surface area contributed by atoms with Crippen molar-refractivity contribution in [3.05, 3.63) is 12.2 Å². The average molecular weight is 371 g/mol. The quantitative estimate of drug-likeness (QED) is 0.354. The lowest BCUT2D eigenvalue weighted by Crippen LogP contribution is -2.38. The van der Waals surface area contributed by atoms with Crippen molar-refractivity contribution in [2.24, 2.45) is 17.8 Å². The standard InChI is InChI=1S/C18H30NO5P/c1-4-23-17(20)8-10-25(22,24-5-2)11-9-19-13-14(3)15-6-7-16(12-15)18(19)21/h6-7,14-16H,4-5,8-13H2,1-3H3. The predicted molar refractivity (Wildman–Crippen MR) is 96.7 cm³/mol. The van der Waals surface area contributed by atoms with Gasteiger partial charge in [0.2, 0.25) is 13.3 Å². The molecule has 2 bridgehead atoms. The molecule has 6 nitrogen and oxygen atoms in total. The van der Waals surface area contributed by atoms with Crippen LogP contribution in [0.25, 0.3) is 0 Å². The third-order valence-corrected chi connectivity index (χ3v) is 7.54. The second-order valence-corrected chi connectivity index (χ2v) is 9.67. The summed E-state index contributed by atoms with van der Waals surface area (Å²) in [4.78, 5) is 26.0. The summed E-state index contributed by atoms with van der Waals surface area (Å²) in [5, 5.41) is 0. The van der Waals surface area contributed by atoms with Crippen LogP contribution in [0.1, 0.15) is 33.6 Å². The van der Waals surface area contributed by atoms with E-state index in [1.165, 1.54) is 0 Å². The van der Waals surface area contributed by atoms with Crippen LogP contribution in [0.3, 0.4) is 0 Å². The number of carbonyl (C=O) groups excluding carboxylic acids is 2. The van der Waals surface area contributed by atoms with Crippen molar-refractivity contribution in [2.75, 3.05) is 38.6 Å². The summed E-state index contributed by atoms with van der Waals surface area (Å²) in [6.07, 6.45) is 5.61. The second-order valence-electron chi connectivity index (χ2n) is 6.89. The van der Waals surface area contributed by atoms with Gasteiger partial charge in [-0.1, -0.05) is 19.1 Å². The lowest BCUT2D eigenvalue weighted by Gasteiger charge is -2.28. The smallest absolute Gasteiger partial charge is 0.306 e. The van der Waals surface area contributed by atoms with Crippen molar-refractivity contribution < 1.29 is 23.4 Å². The molecule has 142 valence electrons. The Kier molecular flexibility index (Phi) is 7.26. The first kappa shape index (κ1) is 20.2. The first-order chi connectivity index (χ1) is 11.9. The van der Waals surface area contributed by atoms with Crippen molar-refractivity contribution in [2.45, 2.75) is 33.6 Å². The van der Waals surface area contributed by atoms with Crippen molar-refractivity contribution >= 4 is 19.2 Å². The third-order valence-electron chi connectivity index (χ3n) is 5.02. The molecule has 4 atom stereocenters. The number of carbonyl (C=O) groups is 2. The molecule has 1 amide bonds. The van der Waals surface area contributed by atoms with E-state index in [4.69, 9.17) is 9.26 Å². The van der Waals surface area contributed by atoms with Gasteiger partial charge in [0.15, 0.2) is 0 Å². The Morgan fingerprint density at radius 2 is 2.04 bits per heavy atom. The average Bonchev–Trinajstić information content (AvgIpc) is 3.03. The highest BCUT2D eigenvalue weighted by molar-refractivity contribution is 7.59. The lowest BCUT2D eigenvalue weighted by molar-refractivity contribution is -0.142. The van der Waals surface area contributed by atoms with Crippen LogP contribution in [0.2, 0.25) is 0 Å². The SMILES string of the molecule is CCOC(=O)CCP(=O)(CCN1CC(C)C2C=CC(C2)C1=O)OCC. The van der Waals surface area contributed by atoms with Gasteiger partial charge in [-0.2, -0.15) is 0 Å². The first-order valence-corrected chi connectivity index (χ1v) is 11.2. The lowest BCUT2D eigenvalue weighted by atomic mass is 9.93. The van der Waals surface area contributed by atoms with E-state index in [0.717, 1.165) is 6.42 Å². The zero-order chi connectivity index (χ0) is 18.4. The number of hydrogen-bond acceptors (Lipinski definition) is 5. The van der Waals surface area contributed by atoms with Crippen LogP contribution in [0.15, 0.2) is 12.2 Å². The summed E-state index contributed by atoms with van der Waals surface area (Å²) in [6.45, 7) is 7.45. The van der Waals surface area contributed by atoms with E-state index >= 15 is 0 Å². The molecular weight excluding hydrogens is 341 g/mol. The van der Waals surface area contributed by atoms with Crippen LogP contribution >= 0.6 is 7.37 Å². The number of rotatable bonds is 9. The summed E-state index contributed by atoms with van der Waals surface area (Å²) in [5.41, 5.74) is 0. The van der Waals surface area contributed by atoms with Gasteiger partial charge in [0.05, 0.1) is 25.6 Å². The molecule has 0 aromatic carbocycles. The van der Waals surface area contributed by atoms with E-state index in [9.17, 15) is 14.2 Å². The Bertz CT molecular complexity index is 562. The molecule has 0 saturated carbocycles. The molecule has 1 fully saturated rings. The fraction of sp³-hybridized carbons (Fsp3) is 0.778. The Hall–Kier alpha value is -1.13. The molecule has 1 aliphatic heterocycles. The van der Waals surface area contributed by atoms with Gasteiger partial charge in [0.25, 0.3) is 0 Å². The number of likely N-dealkylation sites (tertiary alicyclic amines) is 1. The van der Waals surface area contributed by atoms with Gasteiger partial charge in [-0.15, -0.1) is 0 Å². The molecule has 25 heavy (non-hydrogen) atoms. The topological polar surface area (TPSA) is 72.9 Å². The molecule has 4 unspecified atom stereocenters. The van der Waals surface area contributed by atoms with Gasteiger partial charge in [0, 0.05) is 25.4 Å². The van der Waals surface area contributed by atoms with Gasteiger partial charge >= 0.3 is 5.97 Å². The number of ether oxygens (including phenoxy) is 1. The van der Waals surface area contributed by atoms with Gasteiger partial charge < -0.3 is 14.2 Å². The highest BCUT2D eigenvalue weighted by atomic mass is 31.2. The van der Waals surface area contributed by atoms with E-state index in [-0.39, 0.29) is 30.4 Å². The molecule has 1 heterocycles. The van der Waals surface area contributed by atoms with Crippen molar-refractivity contribution in [3.8, 4) is 0 Å². The van der Waals surface area contributed by atoms with Gasteiger partial charge in [-0.25, -0.2) is 0 Å². The summed E-state index contributed by atoms with van der Waals surface area (Å²) in [5.74, 6) is 0.585. The monoisotopic (exact) mass is 371 g/mol. The summed E-state index contributed by atoms with van der Waals surface area (Å²) in [6, 6.07) is 0. The van der Waals surface area contributed by atoms with Crippen molar-refractivity contribution in [1.29, 1.82) is 0 Å². The number of hydrogen-bond donors (Lipinski definition) is 0. The molecule has 1 aliphatic carbocycles. The zero-order valence-corrected chi connectivity index (χ0v) is 16.4.